The molecule has 10 rings (SSSR count). The maximum atomic E-state index is 6.20. The molecule has 0 heterocycles. The molecular formula is C52H40N2P2. The second-order valence-corrected chi connectivity index (χ2v) is 13.8. The van der Waals surface area contributed by atoms with Gasteiger partial charge < -0.3 is 9.80 Å². The molecule has 0 saturated carbocycles. The quantitative estimate of drug-likeness (QED) is 0.118. The van der Waals surface area contributed by atoms with Crippen LogP contribution in [0.5, 0.6) is 0 Å². The molecule has 268 valence electrons. The molecule has 0 N–H and O–H groups in total. The first kappa shape index (κ1) is 34.2. The Labute approximate surface area is 334 Å². The van der Waals surface area contributed by atoms with Gasteiger partial charge in [-0.3, -0.25) is 0 Å². The Morgan fingerprint density at radius 2 is 0.589 bits per heavy atom. The van der Waals surface area contributed by atoms with E-state index in [0.29, 0.717) is 0 Å². The van der Waals surface area contributed by atoms with Crippen LogP contribution in [0.15, 0.2) is 218 Å². The highest BCUT2D eigenvalue weighted by Gasteiger charge is 2.19. The fourth-order valence-electron chi connectivity index (χ4n) is 8.05. The smallest absolute Gasteiger partial charge is 0.0589 e. The fraction of sp³-hybridized carbons (Fsp3) is 0. The lowest BCUT2D eigenvalue weighted by atomic mass is 9.98. The predicted octanol–water partition coefficient (Wildman–Crippen LogP) is 15.6. The lowest BCUT2D eigenvalue weighted by Crippen LogP contribution is -2.10. The van der Waals surface area contributed by atoms with Gasteiger partial charge in [-0.1, -0.05) is 158 Å². The topological polar surface area (TPSA) is 6.48 Å². The van der Waals surface area contributed by atoms with Gasteiger partial charge in [-0.25, -0.2) is 0 Å². The summed E-state index contributed by atoms with van der Waals surface area (Å²) >= 11 is 0. The van der Waals surface area contributed by atoms with E-state index in [1.54, 1.807) is 0 Å². The van der Waals surface area contributed by atoms with Crippen LogP contribution in [0.25, 0.3) is 54.2 Å². The molecule has 2 nitrogen and oxygen atoms in total. The van der Waals surface area contributed by atoms with Crippen molar-refractivity contribution in [2.24, 2.45) is 0 Å². The van der Waals surface area contributed by atoms with Crippen molar-refractivity contribution < 1.29 is 0 Å². The van der Waals surface area contributed by atoms with Crippen molar-refractivity contribution in [3.8, 4) is 11.1 Å². The van der Waals surface area contributed by atoms with Crippen LogP contribution < -0.4 is 9.80 Å². The molecule has 0 radical (unpaired) electrons. The van der Waals surface area contributed by atoms with Crippen LogP contribution in [-0.4, -0.2) is 1.28 Å². The first-order chi connectivity index (χ1) is 28.2. The molecule has 0 saturated heterocycles. The van der Waals surface area contributed by atoms with Gasteiger partial charge in [0.1, 0.15) is 0 Å². The Bertz CT molecular complexity index is 2750. The largest absolute Gasteiger partial charge is 0.310 e. The Balaban J connectivity index is 0.00000137. The van der Waals surface area contributed by atoms with E-state index in [1.165, 1.54) is 54.2 Å². The molecule has 0 aliphatic heterocycles. The van der Waals surface area contributed by atoms with Crippen molar-refractivity contribution in [1.82, 2.24) is 0 Å². The Hall–Kier alpha value is -6.30. The first-order valence-electron chi connectivity index (χ1n) is 19.3. The molecule has 0 fully saturated rings. The molecule has 2 atom stereocenters. The van der Waals surface area contributed by atoms with Crippen LogP contribution >= 0.6 is 17.8 Å². The number of benzene rings is 10. The number of anilines is 6. The molecule has 0 spiro atoms. The van der Waals surface area contributed by atoms with Gasteiger partial charge in [-0.15, -0.1) is 17.8 Å². The summed E-state index contributed by atoms with van der Waals surface area (Å²) in [7, 11) is 2.52. The van der Waals surface area contributed by atoms with Gasteiger partial charge in [0.25, 0.3) is 0 Å². The molecule has 2 unspecified atom stereocenters. The zero-order valence-electron chi connectivity index (χ0n) is 31.8. The van der Waals surface area contributed by atoms with Crippen molar-refractivity contribution >= 4 is 95.0 Å². The van der Waals surface area contributed by atoms with Gasteiger partial charge in [0.05, 0.1) is 12.7 Å². The summed E-state index contributed by atoms with van der Waals surface area (Å²) in [4.78, 5) is 4.76. The van der Waals surface area contributed by atoms with E-state index in [2.05, 4.69) is 237 Å². The third kappa shape index (κ3) is 6.58. The van der Waals surface area contributed by atoms with Gasteiger partial charge in [0.2, 0.25) is 0 Å². The van der Waals surface area contributed by atoms with E-state index in [9.17, 15) is 0 Å². The third-order valence-electron chi connectivity index (χ3n) is 10.6. The standard InChI is InChI=1S/C52H36N2.H4P2/c1-3-17-41(18-4-1)53(51-35-39-15-7-9-21-45(39)47-23-11-13-25-49(47)51)43-31-27-37(28-32-43)38-29-33-44(34-30-38)54(42-19-5-2-6-20-42)52-36-40-16-8-10-22-46(40)48-24-12-14-26-50(48)52;1-2/h1-36H;1-2H2/i;1D. The van der Waals surface area contributed by atoms with E-state index < -0.39 is 0 Å². The molecule has 4 heteroatoms. The minimum Gasteiger partial charge on any atom is -0.310 e. The maximum Gasteiger partial charge on any atom is 0.0589 e. The Morgan fingerprint density at radius 1 is 0.304 bits per heavy atom. The van der Waals surface area contributed by atoms with Crippen LogP contribution in [0.2, 0.25) is 0 Å². The normalized spacial score (nSPS) is 11.5. The number of hydrogen-bond donors (Lipinski definition) is 0. The maximum absolute atomic E-state index is 6.20. The van der Waals surface area contributed by atoms with E-state index in [0.717, 1.165) is 34.1 Å². The number of nitrogens with zero attached hydrogens (tertiary/aromatic N) is 2. The summed E-state index contributed by atoms with van der Waals surface area (Å²) in [6, 6.07) is 78.8. The van der Waals surface area contributed by atoms with E-state index >= 15 is 0 Å². The molecule has 0 amide bonds. The molecule has 0 bridgehead atoms. The lowest BCUT2D eigenvalue weighted by Gasteiger charge is -2.28. The van der Waals surface area contributed by atoms with Gasteiger partial charge in [-0.05, 0) is 104 Å². The summed E-state index contributed by atoms with van der Waals surface area (Å²) in [6.45, 7) is 0. The number of para-hydroxylation sites is 2. The van der Waals surface area contributed by atoms with E-state index in [1.807, 2.05) is 0 Å². The van der Waals surface area contributed by atoms with Crippen LogP contribution in [-0.2, 0) is 0 Å². The molecule has 10 aromatic rings. The van der Waals surface area contributed by atoms with Gasteiger partial charge in [0.15, 0.2) is 0 Å². The highest BCUT2D eigenvalue weighted by molar-refractivity contribution is 7.92. The van der Waals surface area contributed by atoms with E-state index in [4.69, 9.17) is 1.28 Å². The van der Waals surface area contributed by atoms with Gasteiger partial charge >= 0.3 is 0 Å². The molecule has 56 heavy (non-hydrogen) atoms. The SMILES string of the molecule is [2H]PP.c1ccc(N(c2ccc(-c3ccc(N(c4ccccc4)c4cc5ccccc5c5ccccc45)cc3)cc2)c2cc3ccccc3c3ccccc23)cc1. The molecule has 0 aliphatic rings. The summed E-state index contributed by atoms with van der Waals surface area (Å²) in [5.74, 6) is 0. The zero-order valence-corrected chi connectivity index (χ0v) is 32.9. The predicted molar refractivity (Wildman–Crippen MR) is 251 cm³/mol. The Kier molecular flexibility index (Phi) is 9.66. The molecule has 10 aromatic carbocycles. The average molecular weight is 756 g/mol. The zero-order chi connectivity index (χ0) is 38.6. The fourth-order valence-corrected chi connectivity index (χ4v) is 8.05. The lowest BCUT2D eigenvalue weighted by molar-refractivity contribution is 1.30. The monoisotopic (exact) mass is 755 g/mol. The number of rotatable bonds is 7. The summed E-state index contributed by atoms with van der Waals surface area (Å²) < 4.78 is 6.20. The van der Waals surface area contributed by atoms with Crippen LogP contribution in [0.1, 0.15) is 0 Å². The van der Waals surface area contributed by atoms with Crippen molar-refractivity contribution in [3.63, 3.8) is 0 Å². The van der Waals surface area contributed by atoms with Crippen molar-refractivity contribution in [2.45, 2.75) is 0 Å². The second kappa shape index (κ2) is 15.8. The van der Waals surface area contributed by atoms with Crippen LogP contribution in [0.3, 0.4) is 0 Å². The Morgan fingerprint density at radius 3 is 0.964 bits per heavy atom. The molecule has 0 aromatic heterocycles. The summed E-state index contributed by atoms with van der Waals surface area (Å²) in [5, 5.41) is 9.94. The minimum absolute atomic E-state index is 0.250. The molecular weight excluding hydrogens is 715 g/mol. The highest BCUT2D eigenvalue weighted by Crippen LogP contribution is 2.44. The molecule has 0 aliphatic carbocycles. The first-order valence-corrected chi connectivity index (χ1v) is 21.1. The van der Waals surface area contributed by atoms with E-state index in [-0.39, 0.29) is 8.87 Å². The van der Waals surface area contributed by atoms with Crippen LogP contribution in [0.4, 0.5) is 34.1 Å². The second-order valence-electron chi connectivity index (χ2n) is 13.8. The average Bonchev–Trinajstić information content (AvgIpc) is 3.28. The summed E-state index contributed by atoms with van der Waals surface area (Å²) in [6.07, 6.45) is 0. The van der Waals surface area contributed by atoms with Crippen LogP contribution in [0, 0.1) is 0 Å². The van der Waals surface area contributed by atoms with Gasteiger partial charge in [-0.2, -0.15) is 0 Å². The number of fused-ring (bicyclic) bond motifs is 6. The highest BCUT2D eigenvalue weighted by atomic mass is 32.0. The van der Waals surface area contributed by atoms with Crippen molar-refractivity contribution in [2.75, 3.05) is 9.80 Å². The number of hydrogen-bond acceptors (Lipinski definition) is 2. The summed E-state index contributed by atoms with van der Waals surface area (Å²) in [5.41, 5.74) is 9.13. The van der Waals surface area contributed by atoms with Gasteiger partial charge in [0, 0.05) is 33.5 Å². The third-order valence-corrected chi connectivity index (χ3v) is 10.6. The van der Waals surface area contributed by atoms with Crippen molar-refractivity contribution in [3.05, 3.63) is 218 Å². The van der Waals surface area contributed by atoms with Crippen molar-refractivity contribution in [1.29, 1.82) is 1.28 Å². The minimum atomic E-state index is 0.250.